The first kappa shape index (κ1) is 15.9. The van der Waals surface area contributed by atoms with Gasteiger partial charge in [0.05, 0.1) is 11.4 Å². The fourth-order valence-electron chi connectivity index (χ4n) is 1.68. The second-order valence-electron chi connectivity index (χ2n) is 4.25. The molecule has 0 fully saturated rings. The third-order valence-electron chi connectivity index (χ3n) is 2.71. The quantitative estimate of drug-likeness (QED) is 0.750. The molecule has 108 valence electrons. The topological polar surface area (TPSA) is 87.3 Å². The number of rotatable bonds is 3. The van der Waals surface area contributed by atoms with E-state index in [4.69, 9.17) is 21.9 Å². The lowest BCUT2D eigenvalue weighted by atomic mass is 10.0. The van der Waals surface area contributed by atoms with Gasteiger partial charge in [0, 0.05) is 18.9 Å². The zero-order chi connectivity index (χ0) is 15.0. The molecule has 0 radical (unpaired) electrons. The van der Waals surface area contributed by atoms with E-state index in [1.807, 2.05) is 50.2 Å². The number of hydrogen-bond donors (Lipinski definition) is 3. The molecule has 2 aromatic rings. The lowest BCUT2D eigenvalue weighted by molar-refractivity contribution is 0.162. The molecule has 4 heteroatoms. The molecule has 0 heterocycles. The largest absolute Gasteiger partial charge is 0.399 e. The van der Waals surface area contributed by atoms with Crippen LogP contribution in [0.5, 0.6) is 0 Å². The average Bonchev–Trinajstić information content (AvgIpc) is 2.43. The van der Waals surface area contributed by atoms with Crippen LogP contribution in [-0.4, -0.2) is 13.2 Å². The third kappa shape index (κ3) is 4.82. The highest BCUT2D eigenvalue weighted by Gasteiger charge is 2.00. The number of benzene rings is 2. The summed E-state index contributed by atoms with van der Waals surface area (Å²) in [7, 11) is 0. The van der Waals surface area contributed by atoms with Crippen LogP contribution in [0.3, 0.4) is 0 Å². The Morgan fingerprint density at radius 2 is 1.45 bits per heavy atom. The van der Waals surface area contributed by atoms with Gasteiger partial charge in [-0.3, -0.25) is 0 Å². The molecule has 0 aromatic heterocycles. The molecule has 0 spiro atoms. The van der Waals surface area contributed by atoms with Crippen molar-refractivity contribution in [1.82, 2.24) is 0 Å². The summed E-state index contributed by atoms with van der Waals surface area (Å²) in [5.41, 5.74) is 21.1. The van der Waals surface area contributed by atoms with E-state index >= 15 is 0 Å². The van der Waals surface area contributed by atoms with Gasteiger partial charge in [0.25, 0.3) is 0 Å². The molecule has 0 bridgehead atoms. The molecule has 0 aliphatic heterocycles. The predicted molar refractivity (Wildman–Crippen MR) is 87.3 cm³/mol. The second kappa shape index (κ2) is 8.07. The molecule has 0 aliphatic carbocycles. The van der Waals surface area contributed by atoms with Crippen LogP contribution in [0.4, 0.5) is 17.1 Å². The smallest absolute Gasteiger partial charge is 0.0554 e. The standard InChI is InChI=1S/C12H13N3.C4H10O/c13-10-3-1-2-8(6-10)9-4-5-11(14)12(15)7-9;1-3-5-4-2/h1-7H,13-15H2;3-4H2,1-2H3. The van der Waals surface area contributed by atoms with E-state index in [0.29, 0.717) is 11.4 Å². The molecule has 0 aliphatic rings. The minimum atomic E-state index is 0.593. The van der Waals surface area contributed by atoms with Crippen LogP contribution in [-0.2, 0) is 4.74 Å². The van der Waals surface area contributed by atoms with Crippen LogP contribution in [0, 0.1) is 0 Å². The lowest BCUT2D eigenvalue weighted by Gasteiger charge is -2.05. The summed E-state index contributed by atoms with van der Waals surface area (Å²) in [5.74, 6) is 0. The highest BCUT2D eigenvalue weighted by molar-refractivity contribution is 5.75. The summed E-state index contributed by atoms with van der Waals surface area (Å²) in [4.78, 5) is 0. The van der Waals surface area contributed by atoms with Crippen molar-refractivity contribution in [1.29, 1.82) is 0 Å². The number of nitrogens with two attached hydrogens (primary N) is 3. The zero-order valence-corrected chi connectivity index (χ0v) is 12.1. The minimum absolute atomic E-state index is 0.593. The molecule has 0 saturated carbocycles. The van der Waals surface area contributed by atoms with Gasteiger partial charge in [0.1, 0.15) is 0 Å². The maximum absolute atomic E-state index is 5.74. The van der Waals surface area contributed by atoms with Crippen molar-refractivity contribution < 1.29 is 4.74 Å². The monoisotopic (exact) mass is 273 g/mol. The van der Waals surface area contributed by atoms with Gasteiger partial charge in [0.15, 0.2) is 0 Å². The number of anilines is 3. The van der Waals surface area contributed by atoms with Crippen LogP contribution in [0.1, 0.15) is 13.8 Å². The first-order valence-electron chi connectivity index (χ1n) is 6.67. The molecular weight excluding hydrogens is 250 g/mol. The number of hydrogen-bond acceptors (Lipinski definition) is 4. The third-order valence-corrected chi connectivity index (χ3v) is 2.71. The van der Waals surface area contributed by atoms with Gasteiger partial charge in [0.2, 0.25) is 0 Å². The minimum Gasteiger partial charge on any atom is -0.399 e. The van der Waals surface area contributed by atoms with Crippen LogP contribution in [0.25, 0.3) is 11.1 Å². The van der Waals surface area contributed by atoms with Crippen molar-refractivity contribution in [2.24, 2.45) is 0 Å². The molecule has 2 rings (SSSR count). The highest BCUT2D eigenvalue weighted by Crippen LogP contribution is 2.26. The van der Waals surface area contributed by atoms with Gasteiger partial charge in [-0.15, -0.1) is 0 Å². The molecule has 4 nitrogen and oxygen atoms in total. The van der Waals surface area contributed by atoms with Crippen LogP contribution in [0.2, 0.25) is 0 Å². The molecule has 20 heavy (non-hydrogen) atoms. The van der Waals surface area contributed by atoms with Crippen molar-refractivity contribution in [2.75, 3.05) is 30.4 Å². The van der Waals surface area contributed by atoms with E-state index in [2.05, 4.69) is 0 Å². The molecule has 0 atom stereocenters. The maximum Gasteiger partial charge on any atom is 0.0554 e. The Kier molecular flexibility index (Phi) is 6.40. The van der Waals surface area contributed by atoms with Crippen molar-refractivity contribution in [3.05, 3.63) is 42.5 Å². The van der Waals surface area contributed by atoms with Gasteiger partial charge in [-0.2, -0.15) is 0 Å². The summed E-state index contributed by atoms with van der Waals surface area (Å²) >= 11 is 0. The number of ether oxygens (including phenoxy) is 1. The van der Waals surface area contributed by atoms with E-state index in [0.717, 1.165) is 30.0 Å². The Morgan fingerprint density at radius 1 is 0.800 bits per heavy atom. The Bertz CT molecular complexity index is 539. The summed E-state index contributed by atoms with van der Waals surface area (Å²) < 4.78 is 4.83. The second-order valence-corrected chi connectivity index (χ2v) is 4.25. The Labute approximate surface area is 120 Å². The maximum atomic E-state index is 5.74. The van der Waals surface area contributed by atoms with Crippen molar-refractivity contribution >= 4 is 17.1 Å². The highest BCUT2D eigenvalue weighted by atomic mass is 16.5. The summed E-state index contributed by atoms with van der Waals surface area (Å²) in [6.45, 7) is 5.67. The average molecular weight is 273 g/mol. The normalized spacial score (nSPS) is 9.70. The summed E-state index contributed by atoms with van der Waals surface area (Å²) in [6.07, 6.45) is 0. The fraction of sp³-hybridized carbons (Fsp3) is 0.250. The Balaban J connectivity index is 0.000000347. The van der Waals surface area contributed by atoms with Crippen molar-refractivity contribution in [3.8, 4) is 11.1 Å². The van der Waals surface area contributed by atoms with E-state index < -0.39 is 0 Å². The van der Waals surface area contributed by atoms with E-state index in [1.54, 1.807) is 6.07 Å². The van der Waals surface area contributed by atoms with Gasteiger partial charge in [-0.05, 0) is 49.2 Å². The van der Waals surface area contributed by atoms with Crippen LogP contribution in [0.15, 0.2) is 42.5 Å². The number of nitrogen functional groups attached to an aromatic ring is 3. The van der Waals surface area contributed by atoms with Gasteiger partial charge < -0.3 is 21.9 Å². The van der Waals surface area contributed by atoms with E-state index in [9.17, 15) is 0 Å². The molecule has 2 aromatic carbocycles. The van der Waals surface area contributed by atoms with Crippen molar-refractivity contribution in [2.45, 2.75) is 13.8 Å². The fourth-order valence-corrected chi connectivity index (χ4v) is 1.68. The molecule has 0 unspecified atom stereocenters. The van der Waals surface area contributed by atoms with Gasteiger partial charge in [-0.25, -0.2) is 0 Å². The Hall–Kier alpha value is -2.20. The predicted octanol–water partition coefficient (Wildman–Crippen LogP) is 3.14. The molecular formula is C16H23N3O. The molecule has 0 amide bonds. The molecule has 0 saturated heterocycles. The van der Waals surface area contributed by atoms with E-state index in [-0.39, 0.29) is 0 Å². The summed E-state index contributed by atoms with van der Waals surface area (Å²) in [5, 5.41) is 0. The molecule has 6 N–H and O–H groups in total. The van der Waals surface area contributed by atoms with Crippen LogP contribution >= 0.6 is 0 Å². The zero-order valence-electron chi connectivity index (χ0n) is 12.1. The first-order valence-corrected chi connectivity index (χ1v) is 6.67. The first-order chi connectivity index (χ1) is 9.58. The van der Waals surface area contributed by atoms with Crippen molar-refractivity contribution in [3.63, 3.8) is 0 Å². The van der Waals surface area contributed by atoms with Gasteiger partial charge in [-0.1, -0.05) is 18.2 Å². The lowest BCUT2D eigenvalue weighted by Crippen LogP contribution is -1.94. The van der Waals surface area contributed by atoms with Gasteiger partial charge >= 0.3 is 0 Å². The van der Waals surface area contributed by atoms with E-state index in [1.165, 1.54) is 0 Å². The Morgan fingerprint density at radius 3 is 1.95 bits per heavy atom. The SMILES string of the molecule is CCOCC.Nc1cccc(-c2ccc(N)c(N)c2)c1. The van der Waals surface area contributed by atoms with Crippen LogP contribution < -0.4 is 17.2 Å². The summed E-state index contributed by atoms with van der Waals surface area (Å²) in [6, 6.07) is 13.2.